The molecule has 0 saturated heterocycles. The Kier molecular flexibility index (Phi) is 4.44. The number of rotatable bonds is 4. The van der Waals surface area contributed by atoms with E-state index in [4.69, 9.17) is 5.84 Å². The Balaban J connectivity index is 2.31. The first-order valence-electron chi connectivity index (χ1n) is 6.59. The summed E-state index contributed by atoms with van der Waals surface area (Å²) in [5, 5.41) is 2.78. The van der Waals surface area contributed by atoms with Crippen LogP contribution in [0.25, 0.3) is 0 Å². The van der Waals surface area contributed by atoms with Crippen molar-refractivity contribution in [3.63, 3.8) is 0 Å². The molecule has 0 unspecified atom stereocenters. The minimum absolute atomic E-state index is 0.117. The van der Waals surface area contributed by atoms with Crippen molar-refractivity contribution in [1.82, 2.24) is 15.0 Å². The van der Waals surface area contributed by atoms with Crippen LogP contribution in [0.15, 0.2) is 24.5 Å². The van der Waals surface area contributed by atoms with Crippen LogP contribution in [0, 0.1) is 6.92 Å². The number of carbonyl (C=O) groups excluding carboxylic acids is 1. The predicted molar refractivity (Wildman–Crippen MR) is 80.9 cm³/mol. The molecule has 0 fully saturated rings. The molecule has 2 aromatic heterocycles. The fraction of sp³-hybridized carbons (Fsp3) is 0.286. The number of aryl methyl sites for hydroxylation is 1. The van der Waals surface area contributed by atoms with E-state index in [1.807, 2.05) is 20.8 Å². The number of nitrogens with zero attached hydrogens (tertiary/aromatic N) is 3. The second kappa shape index (κ2) is 6.27. The van der Waals surface area contributed by atoms with E-state index in [2.05, 4.69) is 25.7 Å². The highest BCUT2D eigenvalue weighted by Crippen LogP contribution is 2.17. The average molecular weight is 286 g/mol. The second-order valence-corrected chi connectivity index (χ2v) is 4.93. The topological polar surface area (TPSA) is 106 Å². The minimum Gasteiger partial charge on any atom is -0.321 e. The lowest BCUT2D eigenvalue weighted by Crippen LogP contribution is -2.20. The number of pyridine rings is 1. The highest BCUT2D eigenvalue weighted by Gasteiger charge is 2.16. The number of amides is 1. The summed E-state index contributed by atoms with van der Waals surface area (Å²) in [6, 6.07) is 3.49. The van der Waals surface area contributed by atoms with E-state index in [9.17, 15) is 4.79 Å². The fourth-order valence-corrected chi connectivity index (χ4v) is 1.77. The number of hydrazine groups is 1. The van der Waals surface area contributed by atoms with Crippen molar-refractivity contribution in [2.75, 3.05) is 10.7 Å². The molecule has 2 aromatic rings. The first-order chi connectivity index (χ1) is 10.0. The number of carbonyl (C=O) groups is 1. The van der Waals surface area contributed by atoms with Gasteiger partial charge in [-0.15, -0.1) is 0 Å². The third-order valence-electron chi connectivity index (χ3n) is 2.85. The SMILES string of the molecule is Cc1cc(NC(=O)c2nc(C(C)C)ncc2NN)ccn1. The second-order valence-electron chi connectivity index (χ2n) is 4.93. The van der Waals surface area contributed by atoms with Gasteiger partial charge in [-0.3, -0.25) is 15.6 Å². The molecule has 2 heterocycles. The van der Waals surface area contributed by atoms with Crippen molar-refractivity contribution in [3.8, 4) is 0 Å². The Morgan fingerprint density at radius 2 is 2.10 bits per heavy atom. The van der Waals surface area contributed by atoms with E-state index in [0.29, 0.717) is 17.2 Å². The van der Waals surface area contributed by atoms with E-state index in [-0.39, 0.29) is 17.5 Å². The number of nitrogens with two attached hydrogens (primary N) is 1. The van der Waals surface area contributed by atoms with Crippen LogP contribution in [-0.2, 0) is 0 Å². The number of nitrogens with one attached hydrogen (secondary N) is 2. The van der Waals surface area contributed by atoms with Crippen LogP contribution >= 0.6 is 0 Å². The van der Waals surface area contributed by atoms with Crippen molar-refractivity contribution in [2.24, 2.45) is 5.84 Å². The Morgan fingerprint density at radius 1 is 1.33 bits per heavy atom. The van der Waals surface area contributed by atoms with Gasteiger partial charge in [-0.25, -0.2) is 9.97 Å². The molecule has 0 radical (unpaired) electrons. The molecule has 0 aliphatic carbocycles. The van der Waals surface area contributed by atoms with Gasteiger partial charge in [0.15, 0.2) is 5.69 Å². The van der Waals surface area contributed by atoms with Crippen molar-refractivity contribution in [2.45, 2.75) is 26.7 Å². The number of aromatic nitrogens is 3. The van der Waals surface area contributed by atoms with Crippen LogP contribution in [0.2, 0.25) is 0 Å². The number of hydrogen-bond donors (Lipinski definition) is 3. The average Bonchev–Trinajstić information content (AvgIpc) is 2.46. The Hall–Kier alpha value is -2.54. The van der Waals surface area contributed by atoms with Crippen molar-refractivity contribution < 1.29 is 4.79 Å². The van der Waals surface area contributed by atoms with E-state index >= 15 is 0 Å². The summed E-state index contributed by atoms with van der Waals surface area (Å²) in [6.45, 7) is 5.77. The normalized spacial score (nSPS) is 10.5. The zero-order valence-electron chi connectivity index (χ0n) is 12.2. The quantitative estimate of drug-likeness (QED) is 0.585. The fourth-order valence-electron chi connectivity index (χ4n) is 1.77. The largest absolute Gasteiger partial charge is 0.321 e. The summed E-state index contributed by atoms with van der Waals surface area (Å²) in [4.78, 5) is 24.9. The van der Waals surface area contributed by atoms with Gasteiger partial charge in [0.1, 0.15) is 5.82 Å². The third kappa shape index (κ3) is 3.51. The van der Waals surface area contributed by atoms with Crippen molar-refractivity contribution in [3.05, 3.63) is 41.7 Å². The number of nitrogen functional groups attached to an aromatic ring is 1. The molecule has 110 valence electrons. The molecule has 0 atom stereocenters. The van der Waals surface area contributed by atoms with E-state index in [1.165, 1.54) is 6.20 Å². The van der Waals surface area contributed by atoms with E-state index in [0.717, 1.165) is 5.69 Å². The summed E-state index contributed by atoms with van der Waals surface area (Å²) in [7, 11) is 0. The van der Waals surface area contributed by atoms with Gasteiger partial charge in [-0.05, 0) is 19.1 Å². The van der Waals surface area contributed by atoms with Crippen LogP contribution in [-0.4, -0.2) is 20.9 Å². The van der Waals surface area contributed by atoms with Gasteiger partial charge in [0.2, 0.25) is 0 Å². The highest BCUT2D eigenvalue weighted by atomic mass is 16.1. The highest BCUT2D eigenvalue weighted by molar-refractivity contribution is 6.06. The minimum atomic E-state index is -0.349. The summed E-state index contributed by atoms with van der Waals surface area (Å²) >= 11 is 0. The van der Waals surface area contributed by atoms with Crippen molar-refractivity contribution >= 4 is 17.3 Å². The van der Waals surface area contributed by atoms with Gasteiger partial charge in [-0.1, -0.05) is 13.8 Å². The summed E-state index contributed by atoms with van der Waals surface area (Å²) in [5.41, 5.74) is 4.50. The summed E-state index contributed by atoms with van der Waals surface area (Å²) in [5.74, 6) is 5.77. The lowest BCUT2D eigenvalue weighted by molar-refractivity contribution is 0.102. The monoisotopic (exact) mass is 286 g/mol. The van der Waals surface area contributed by atoms with Gasteiger partial charge >= 0.3 is 0 Å². The van der Waals surface area contributed by atoms with Crippen LogP contribution < -0.4 is 16.6 Å². The van der Waals surface area contributed by atoms with Gasteiger partial charge in [0, 0.05) is 23.5 Å². The molecule has 1 amide bonds. The summed E-state index contributed by atoms with van der Waals surface area (Å²) in [6.07, 6.45) is 3.14. The number of hydrogen-bond acceptors (Lipinski definition) is 6. The maximum atomic E-state index is 12.4. The van der Waals surface area contributed by atoms with Gasteiger partial charge < -0.3 is 10.7 Å². The van der Waals surface area contributed by atoms with Crippen LogP contribution in [0.4, 0.5) is 11.4 Å². The molecule has 0 aliphatic rings. The molecule has 21 heavy (non-hydrogen) atoms. The van der Waals surface area contributed by atoms with E-state index < -0.39 is 0 Å². The van der Waals surface area contributed by atoms with Crippen LogP contribution in [0.1, 0.15) is 41.8 Å². The smallest absolute Gasteiger partial charge is 0.276 e. The Morgan fingerprint density at radius 3 is 2.71 bits per heavy atom. The molecule has 0 bridgehead atoms. The molecule has 0 saturated carbocycles. The zero-order chi connectivity index (χ0) is 15.4. The van der Waals surface area contributed by atoms with Crippen LogP contribution in [0.3, 0.4) is 0 Å². The number of anilines is 2. The first kappa shape index (κ1) is 14.9. The molecule has 0 aromatic carbocycles. The molecular formula is C14H18N6O. The maximum absolute atomic E-state index is 12.4. The van der Waals surface area contributed by atoms with Gasteiger partial charge in [0.05, 0.1) is 11.9 Å². The molecule has 2 rings (SSSR count). The molecular weight excluding hydrogens is 268 g/mol. The molecule has 7 nitrogen and oxygen atoms in total. The maximum Gasteiger partial charge on any atom is 0.276 e. The van der Waals surface area contributed by atoms with E-state index in [1.54, 1.807) is 18.3 Å². The third-order valence-corrected chi connectivity index (χ3v) is 2.85. The Bertz CT molecular complexity index is 656. The molecule has 7 heteroatoms. The van der Waals surface area contributed by atoms with Gasteiger partial charge in [0.25, 0.3) is 5.91 Å². The molecule has 0 aliphatic heterocycles. The van der Waals surface area contributed by atoms with Crippen molar-refractivity contribution in [1.29, 1.82) is 0 Å². The van der Waals surface area contributed by atoms with Crippen LogP contribution in [0.5, 0.6) is 0 Å². The van der Waals surface area contributed by atoms with Gasteiger partial charge in [-0.2, -0.15) is 0 Å². The zero-order valence-corrected chi connectivity index (χ0v) is 12.2. The summed E-state index contributed by atoms with van der Waals surface area (Å²) < 4.78 is 0. The standard InChI is InChI=1S/C14H18N6O/c1-8(2)13-17-7-11(20-15)12(19-13)14(21)18-10-4-5-16-9(3)6-10/h4-8,20H,15H2,1-3H3,(H,16,18,21). The molecule has 4 N–H and O–H groups in total. The lowest BCUT2D eigenvalue weighted by atomic mass is 10.2. The lowest BCUT2D eigenvalue weighted by Gasteiger charge is -2.11. The molecule has 0 spiro atoms. The first-order valence-corrected chi connectivity index (χ1v) is 6.59. The Labute approximate surface area is 123 Å². The predicted octanol–water partition coefficient (Wildman–Crippen LogP) is 1.84.